The Morgan fingerprint density at radius 1 is 1.45 bits per heavy atom. The van der Waals surface area contributed by atoms with Gasteiger partial charge in [-0.2, -0.15) is 13.2 Å². The molecular formula is C11H7ClF3N3OS. The van der Waals surface area contributed by atoms with E-state index < -0.39 is 11.7 Å². The first-order chi connectivity index (χ1) is 9.27. The number of anilines is 1. The first-order valence-corrected chi connectivity index (χ1v) is 6.49. The van der Waals surface area contributed by atoms with Gasteiger partial charge in [-0.15, -0.1) is 11.3 Å². The Balaban J connectivity index is 2.34. The predicted octanol–water partition coefficient (Wildman–Crippen LogP) is 3.84. The van der Waals surface area contributed by atoms with Crippen molar-refractivity contribution in [1.29, 1.82) is 0 Å². The number of aromatic nitrogens is 2. The summed E-state index contributed by atoms with van der Waals surface area (Å²) in [6.45, 7) is 1.32. The lowest BCUT2D eigenvalue weighted by molar-refractivity contribution is -0.137. The molecule has 106 valence electrons. The molecule has 2 aromatic heterocycles. The van der Waals surface area contributed by atoms with Crippen molar-refractivity contribution in [3.63, 3.8) is 0 Å². The molecule has 0 saturated carbocycles. The van der Waals surface area contributed by atoms with Crippen LogP contribution in [0.1, 0.15) is 12.5 Å². The zero-order chi connectivity index (χ0) is 14.9. The van der Waals surface area contributed by atoms with E-state index in [0.29, 0.717) is 17.0 Å². The highest BCUT2D eigenvalue weighted by atomic mass is 35.5. The number of pyridine rings is 1. The number of nitrogens with one attached hydrogen (secondary N) is 1. The molecule has 0 aliphatic rings. The first kappa shape index (κ1) is 14.7. The van der Waals surface area contributed by atoms with Crippen LogP contribution >= 0.6 is 22.9 Å². The van der Waals surface area contributed by atoms with E-state index in [0.717, 1.165) is 17.4 Å². The topological polar surface area (TPSA) is 54.9 Å². The van der Waals surface area contributed by atoms with Gasteiger partial charge in [0.1, 0.15) is 11.4 Å². The Bertz CT molecular complexity index is 657. The molecule has 2 rings (SSSR count). The van der Waals surface area contributed by atoms with Crippen LogP contribution in [-0.2, 0) is 11.0 Å². The van der Waals surface area contributed by atoms with Gasteiger partial charge in [0.05, 0.1) is 10.6 Å². The summed E-state index contributed by atoms with van der Waals surface area (Å²) in [4.78, 5) is 18.6. The molecule has 4 nitrogen and oxygen atoms in total. The van der Waals surface area contributed by atoms with Gasteiger partial charge < -0.3 is 5.32 Å². The predicted molar refractivity (Wildman–Crippen MR) is 69.7 cm³/mol. The average Bonchev–Trinajstić information content (AvgIpc) is 2.75. The van der Waals surface area contributed by atoms with Crippen LogP contribution < -0.4 is 5.32 Å². The van der Waals surface area contributed by atoms with E-state index in [2.05, 4.69) is 15.3 Å². The molecule has 0 aliphatic carbocycles. The fourth-order valence-corrected chi connectivity index (χ4v) is 2.38. The Morgan fingerprint density at radius 2 is 2.15 bits per heavy atom. The van der Waals surface area contributed by atoms with Crippen molar-refractivity contribution in [3.8, 4) is 11.4 Å². The number of rotatable bonds is 2. The number of alkyl halides is 3. The third-order valence-electron chi connectivity index (χ3n) is 2.20. The van der Waals surface area contributed by atoms with Gasteiger partial charge in [-0.3, -0.25) is 9.78 Å². The van der Waals surface area contributed by atoms with Crippen LogP contribution in [0, 0.1) is 0 Å². The second-order valence-corrected chi connectivity index (χ2v) is 5.04. The van der Waals surface area contributed by atoms with Crippen LogP contribution in [0.2, 0.25) is 5.02 Å². The number of hydrogen-bond donors (Lipinski definition) is 1. The molecule has 2 heterocycles. The van der Waals surface area contributed by atoms with Gasteiger partial charge in [0.2, 0.25) is 5.91 Å². The average molecular weight is 322 g/mol. The van der Waals surface area contributed by atoms with E-state index in [-0.39, 0.29) is 16.6 Å². The van der Waals surface area contributed by atoms with Gasteiger partial charge in [0.15, 0.2) is 5.13 Å². The van der Waals surface area contributed by atoms with Gasteiger partial charge in [-0.25, -0.2) is 4.98 Å². The lowest BCUT2D eigenvalue weighted by atomic mass is 10.2. The molecule has 0 radical (unpaired) electrons. The molecule has 0 atom stereocenters. The quantitative estimate of drug-likeness (QED) is 0.914. The maximum Gasteiger partial charge on any atom is 0.417 e. The minimum atomic E-state index is -4.50. The van der Waals surface area contributed by atoms with E-state index in [1.165, 1.54) is 6.92 Å². The third kappa shape index (κ3) is 3.26. The molecule has 1 N–H and O–H groups in total. The maximum atomic E-state index is 12.5. The largest absolute Gasteiger partial charge is 0.417 e. The van der Waals surface area contributed by atoms with E-state index in [4.69, 9.17) is 11.6 Å². The van der Waals surface area contributed by atoms with Crippen molar-refractivity contribution in [1.82, 2.24) is 9.97 Å². The van der Waals surface area contributed by atoms with Crippen molar-refractivity contribution in [3.05, 3.63) is 28.2 Å². The summed E-state index contributed by atoms with van der Waals surface area (Å²) in [5, 5.41) is 4.19. The zero-order valence-electron chi connectivity index (χ0n) is 9.95. The summed E-state index contributed by atoms with van der Waals surface area (Å²) in [7, 11) is 0. The molecule has 0 bridgehead atoms. The summed E-state index contributed by atoms with van der Waals surface area (Å²) in [5.74, 6) is -0.294. The number of halogens is 4. The highest BCUT2D eigenvalue weighted by Gasteiger charge is 2.31. The monoisotopic (exact) mass is 321 g/mol. The molecule has 0 spiro atoms. The van der Waals surface area contributed by atoms with E-state index in [1.807, 2.05) is 0 Å². The van der Waals surface area contributed by atoms with E-state index >= 15 is 0 Å². The number of carbonyl (C=O) groups excluding carboxylic acids is 1. The fraction of sp³-hybridized carbons (Fsp3) is 0.182. The summed E-state index contributed by atoms with van der Waals surface area (Å²) in [6, 6.07) is 0.793. The van der Waals surface area contributed by atoms with Crippen LogP contribution in [0.25, 0.3) is 11.4 Å². The van der Waals surface area contributed by atoms with E-state index in [1.54, 1.807) is 5.38 Å². The number of hydrogen-bond acceptors (Lipinski definition) is 4. The number of carbonyl (C=O) groups is 1. The standard InChI is InChI=1S/C11H7ClF3N3OS/c1-5(19)17-10-18-8(4-20-10)9-7(12)2-6(3-16-9)11(13,14)15/h2-4H,1H3,(H,17,18,19). The van der Waals surface area contributed by atoms with Crippen molar-refractivity contribution in [2.24, 2.45) is 0 Å². The summed E-state index contributed by atoms with van der Waals surface area (Å²) in [5.41, 5.74) is -0.492. The maximum absolute atomic E-state index is 12.5. The lowest BCUT2D eigenvalue weighted by Crippen LogP contribution is -2.06. The van der Waals surface area contributed by atoms with Crippen LogP contribution in [0.3, 0.4) is 0 Å². The third-order valence-corrected chi connectivity index (χ3v) is 3.24. The van der Waals surface area contributed by atoms with Crippen LogP contribution in [0.4, 0.5) is 18.3 Å². The normalized spacial score (nSPS) is 11.4. The van der Waals surface area contributed by atoms with Crippen LogP contribution in [-0.4, -0.2) is 15.9 Å². The molecule has 0 fully saturated rings. The van der Waals surface area contributed by atoms with Gasteiger partial charge in [0.25, 0.3) is 0 Å². The van der Waals surface area contributed by atoms with Crippen LogP contribution in [0.15, 0.2) is 17.6 Å². The minimum Gasteiger partial charge on any atom is -0.302 e. The second kappa shape index (κ2) is 5.37. The number of thiazole rings is 1. The summed E-state index contributed by atoms with van der Waals surface area (Å²) in [6.07, 6.45) is -3.81. The van der Waals surface area contributed by atoms with Crippen molar-refractivity contribution >= 4 is 34.0 Å². The van der Waals surface area contributed by atoms with Gasteiger partial charge in [-0.05, 0) is 6.07 Å². The fourth-order valence-electron chi connectivity index (χ4n) is 1.37. The van der Waals surface area contributed by atoms with Crippen molar-refractivity contribution in [2.45, 2.75) is 13.1 Å². The molecule has 9 heteroatoms. The van der Waals surface area contributed by atoms with Gasteiger partial charge in [0, 0.05) is 18.5 Å². The number of nitrogens with zero attached hydrogens (tertiary/aromatic N) is 2. The molecular weight excluding hydrogens is 315 g/mol. The van der Waals surface area contributed by atoms with E-state index in [9.17, 15) is 18.0 Å². The Hall–Kier alpha value is -1.67. The highest BCUT2D eigenvalue weighted by Crippen LogP contribution is 2.34. The smallest absolute Gasteiger partial charge is 0.302 e. The second-order valence-electron chi connectivity index (χ2n) is 3.77. The molecule has 20 heavy (non-hydrogen) atoms. The molecule has 0 aliphatic heterocycles. The molecule has 1 amide bonds. The SMILES string of the molecule is CC(=O)Nc1nc(-c2ncc(C(F)(F)F)cc2Cl)cs1. The Kier molecular flexibility index (Phi) is 3.96. The molecule has 2 aromatic rings. The lowest BCUT2D eigenvalue weighted by Gasteiger charge is -2.07. The van der Waals surface area contributed by atoms with Gasteiger partial charge in [-0.1, -0.05) is 11.6 Å². The van der Waals surface area contributed by atoms with Crippen LogP contribution in [0.5, 0.6) is 0 Å². The molecule has 0 unspecified atom stereocenters. The zero-order valence-corrected chi connectivity index (χ0v) is 11.5. The Morgan fingerprint density at radius 3 is 2.70 bits per heavy atom. The summed E-state index contributed by atoms with van der Waals surface area (Å²) < 4.78 is 37.5. The number of amides is 1. The van der Waals surface area contributed by atoms with Crippen molar-refractivity contribution in [2.75, 3.05) is 5.32 Å². The Labute approximate surface area is 120 Å². The summed E-state index contributed by atoms with van der Waals surface area (Å²) >= 11 is 6.93. The molecule has 0 aromatic carbocycles. The van der Waals surface area contributed by atoms with Crippen molar-refractivity contribution < 1.29 is 18.0 Å². The van der Waals surface area contributed by atoms with Gasteiger partial charge >= 0.3 is 6.18 Å². The first-order valence-electron chi connectivity index (χ1n) is 5.23. The highest BCUT2D eigenvalue weighted by molar-refractivity contribution is 7.14. The molecule has 0 saturated heterocycles. The minimum absolute atomic E-state index is 0.132.